The molecule has 2 N–H and O–H groups in total. The standard InChI is InChI=1S/C18H19NO3/c1-22-17(12-7-3-2-4-8-12)18(21)19-15-11-13-9-5-6-10-14(13)16(15)20/h2-10,15-17,20H,11H2,1H3,(H,19,21)/t15?,16?,17-/m0/s1. The Balaban J connectivity index is 1.72. The third-order valence-electron chi connectivity index (χ3n) is 4.10. The lowest BCUT2D eigenvalue weighted by Crippen LogP contribution is -2.41. The van der Waals surface area contributed by atoms with Gasteiger partial charge < -0.3 is 15.2 Å². The lowest BCUT2D eigenvalue weighted by molar-refractivity contribution is -0.133. The van der Waals surface area contributed by atoms with Crippen LogP contribution < -0.4 is 5.32 Å². The number of carbonyl (C=O) groups is 1. The Morgan fingerprint density at radius 2 is 1.86 bits per heavy atom. The van der Waals surface area contributed by atoms with Gasteiger partial charge in [-0.1, -0.05) is 54.6 Å². The van der Waals surface area contributed by atoms with Crippen LogP contribution >= 0.6 is 0 Å². The van der Waals surface area contributed by atoms with Gasteiger partial charge in [-0.3, -0.25) is 4.79 Å². The molecule has 0 spiro atoms. The molecule has 0 radical (unpaired) electrons. The van der Waals surface area contributed by atoms with Gasteiger partial charge in [0.2, 0.25) is 0 Å². The van der Waals surface area contributed by atoms with E-state index in [4.69, 9.17) is 4.74 Å². The van der Waals surface area contributed by atoms with E-state index in [1.54, 1.807) is 0 Å². The van der Waals surface area contributed by atoms with Crippen molar-refractivity contribution in [2.24, 2.45) is 0 Å². The maximum Gasteiger partial charge on any atom is 0.254 e. The highest BCUT2D eigenvalue weighted by atomic mass is 16.5. The third-order valence-corrected chi connectivity index (χ3v) is 4.10. The topological polar surface area (TPSA) is 58.6 Å². The summed E-state index contributed by atoms with van der Waals surface area (Å²) in [7, 11) is 1.51. The highest BCUT2D eigenvalue weighted by Crippen LogP contribution is 2.31. The first-order chi connectivity index (χ1) is 10.7. The number of carbonyl (C=O) groups excluding carboxylic acids is 1. The highest BCUT2D eigenvalue weighted by Gasteiger charge is 2.33. The van der Waals surface area contributed by atoms with Crippen LogP contribution in [0.3, 0.4) is 0 Å². The monoisotopic (exact) mass is 297 g/mol. The van der Waals surface area contributed by atoms with Crippen molar-refractivity contribution < 1.29 is 14.6 Å². The number of methoxy groups -OCH3 is 1. The van der Waals surface area contributed by atoms with Crippen molar-refractivity contribution in [2.45, 2.75) is 24.7 Å². The maximum absolute atomic E-state index is 12.5. The first-order valence-corrected chi connectivity index (χ1v) is 7.34. The summed E-state index contributed by atoms with van der Waals surface area (Å²) in [6.45, 7) is 0. The minimum absolute atomic E-state index is 0.231. The normalized spacial score (nSPS) is 21.2. The molecule has 22 heavy (non-hydrogen) atoms. The quantitative estimate of drug-likeness (QED) is 0.909. The van der Waals surface area contributed by atoms with Gasteiger partial charge in [-0.2, -0.15) is 0 Å². The van der Waals surface area contributed by atoms with E-state index in [9.17, 15) is 9.90 Å². The molecule has 3 atom stereocenters. The SMILES string of the molecule is CO[C@H](C(=O)NC1Cc2ccccc2C1O)c1ccccc1. The molecular formula is C18H19NO3. The molecular weight excluding hydrogens is 278 g/mol. The second-order valence-electron chi connectivity index (χ2n) is 5.49. The van der Waals surface area contributed by atoms with E-state index in [-0.39, 0.29) is 11.9 Å². The van der Waals surface area contributed by atoms with Gasteiger partial charge in [-0.15, -0.1) is 0 Å². The molecule has 0 fully saturated rings. The van der Waals surface area contributed by atoms with E-state index in [0.717, 1.165) is 16.7 Å². The van der Waals surface area contributed by atoms with E-state index in [1.807, 2.05) is 54.6 Å². The molecule has 1 aliphatic rings. The molecule has 3 rings (SSSR count). The maximum atomic E-state index is 12.5. The molecule has 2 aromatic rings. The Morgan fingerprint density at radius 1 is 1.18 bits per heavy atom. The average Bonchev–Trinajstić information content (AvgIpc) is 2.86. The minimum Gasteiger partial charge on any atom is -0.386 e. The van der Waals surface area contributed by atoms with Crippen LogP contribution in [0, 0.1) is 0 Å². The Bertz CT molecular complexity index is 656. The number of hydrogen-bond acceptors (Lipinski definition) is 3. The molecule has 1 amide bonds. The van der Waals surface area contributed by atoms with Crippen LogP contribution in [0.4, 0.5) is 0 Å². The predicted octanol–water partition coefficient (Wildman–Crippen LogP) is 2.15. The third kappa shape index (κ3) is 2.75. The van der Waals surface area contributed by atoms with Gasteiger partial charge in [-0.05, 0) is 23.1 Å². The molecule has 0 saturated carbocycles. The van der Waals surface area contributed by atoms with Crippen molar-refractivity contribution in [2.75, 3.05) is 7.11 Å². The molecule has 4 heteroatoms. The van der Waals surface area contributed by atoms with Crippen molar-refractivity contribution in [3.63, 3.8) is 0 Å². The Kier molecular flexibility index (Phi) is 4.22. The lowest BCUT2D eigenvalue weighted by Gasteiger charge is -2.21. The molecule has 1 aliphatic carbocycles. The fourth-order valence-electron chi connectivity index (χ4n) is 2.98. The van der Waals surface area contributed by atoms with E-state index in [0.29, 0.717) is 6.42 Å². The van der Waals surface area contributed by atoms with Crippen LogP contribution in [-0.4, -0.2) is 24.2 Å². The summed E-state index contributed by atoms with van der Waals surface area (Å²) in [5.41, 5.74) is 2.77. The Labute approximate surface area is 129 Å². The number of aliphatic hydroxyl groups is 1. The van der Waals surface area contributed by atoms with E-state index < -0.39 is 12.2 Å². The van der Waals surface area contributed by atoms with E-state index in [1.165, 1.54) is 7.11 Å². The molecule has 0 bridgehead atoms. The number of aliphatic hydroxyl groups excluding tert-OH is 1. The zero-order chi connectivity index (χ0) is 15.5. The van der Waals surface area contributed by atoms with Crippen LogP contribution in [0.1, 0.15) is 28.9 Å². The second kappa shape index (κ2) is 6.30. The van der Waals surface area contributed by atoms with Crippen LogP contribution in [-0.2, 0) is 16.0 Å². The minimum atomic E-state index is -0.673. The van der Waals surface area contributed by atoms with Gasteiger partial charge >= 0.3 is 0 Å². The van der Waals surface area contributed by atoms with Gasteiger partial charge in [0.05, 0.1) is 12.1 Å². The zero-order valence-corrected chi connectivity index (χ0v) is 12.4. The van der Waals surface area contributed by atoms with Crippen LogP contribution in [0.2, 0.25) is 0 Å². The summed E-state index contributed by atoms with van der Waals surface area (Å²) in [5, 5.41) is 13.3. The summed E-state index contributed by atoms with van der Waals surface area (Å²) >= 11 is 0. The molecule has 4 nitrogen and oxygen atoms in total. The summed E-state index contributed by atoms with van der Waals surface area (Å²) < 4.78 is 5.33. The number of hydrogen-bond donors (Lipinski definition) is 2. The number of amides is 1. The van der Waals surface area contributed by atoms with Gasteiger partial charge in [-0.25, -0.2) is 0 Å². The largest absolute Gasteiger partial charge is 0.386 e. The van der Waals surface area contributed by atoms with Gasteiger partial charge in [0.15, 0.2) is 6.10 Å². The second-order valence-corrected chi connectivity index (χ2v) is 5.49. The summed E-state index contributed by atoms with van der Waals surface area (Å²) in [4.78, 5) is 12.5. The number of fused-ring (bicyclic) bond motifs is 1. The van der Waals surface area contributed by atoms with Crippen molar-refractivity contribution in [3.8, 4) is 0 Å². The summed E-state index contributed by atoms with van der Waals surface area (Å²) in [6.07, 6.45) is -0.709. The Hall–Kier alpha value is -2.17. The fourth-order valence-corrected chi connectivity index (χ4v) is 2.98. The van der Waals surface area contributed by atoms with Crippen molar-refractivity contribution >= 4 is 5.91 Å². The summed E-state index contributed by atoms with van der Waals surface area (Å²) in [6, 6.07) is 16.8. The van der Waals surface area contributed by atoms with Gasteiger partial charge in [0, 0.05) is 7.11 Å². The average molecular weight is 297 g/mol. The predicted molar refractivity (Wildman–Crippen MR) is 83.2 cm³/mol. The highest BCUT2D eigenvalue weighted by molar-refractivity contribution is 5.82. The first kappa shape index (κ1) is 14.8. The lowest BCUT2D eigenvalue weighted by atomic mass is 10.1. The molecule has 2 unspecified atom stereocenters. The van der Waals surface area contributed by atoms with Gasteiger partial charge in [0.1, 0.15) is 0 Å². The Morgan fingerprint density at radius 3 is 2.55 bits per heavy atom. The van der Waals surface area contributed by atoms with Crippen molar-refractivity contribution in [3.05, 3.63) is 71.3 Å². The number of benzene rings is 2. The number of nitrogens with one attached hydrogen (secondary N) is 1. The van der Waals surface area contributed by atoms with Crippen molar-refractivity contribution in [1.29, 1.82) is 0 Å². The number of ether oxygens (including phenoxy) is 1. The molecule has 0 aromatic heterocycles. The molecule has 0 saturated heterocycles. The van der Waals surface area contributed by atoms with Crippen LogP contribution in [0.25, 0.3) is 0 Å². The van der Waals surface area contributed by atoms with E-state index >= 15 is 0 Å². The van der Waals surface area contributed by atoms with Crippen LogP contribution in [0.5, 0.6) is 0 Å². The smallest absolute Gasteiger partial charge is 0.254 e. The van der Waals surface area contributed by atoms with Gasteiger partial charge in [0.25, 0.3) is 5.91 Å². The molecule has 0 heterocycles. The van der Waals surface area contributed by atoms with Crippen LogP contribution in [0.15, 0.2) is 54.6 Å². The molecule has 114 valence electrons. The van der Waals surface area contributed by atoms with E-state index in [2.05, 4.69) is 5.32 Å². The fraction of sp³-hybridized carbons (Fsp3) is 0.278. The number of rotatable bonds is 4. The zero-order valence-electron chi connectivity index (χ0n) is 12.4. The molecule has 0 aliphatic heterocycles. The first-order valence-electron chi connectivity index (χ1n) is 7.34. The van der Waals surface area contributed by atoms with Crippen molar-refractivity contribution in [1.82, 2.24) is 5.32 Å². The summed E-state index contributed by atoms with van der Waals surface area (Å²) in [5.74, 6) is -0.231. The molecule has 2 aromatic carbocycles.